The average molecular weight is 262 g/mol. The molecule has 0 spiro atoms. The predicted octanol–water partition coefficient (Wildman–Crippen LogP) is 4.36. The monoisotopic (exact) mass is 262 g/mol. The van der Waals surface area contributed by atoms with Crippen molar-refractivity contribution >= 4 is 0 Å². The molecule has 0 aromatic heterocycles. The normalized spacial score (nSPS) is 32.6. The number of hydrogen-bond acceptors (Lipinski definition) is 2. The van der Waals surface area contributed by atoms with Crippen molar-refractivity contribution in [3.63, 3.8) is 0 Å². The second-order valence-electron chi connectivity index (χ2n) is 6.54. The molecule has 2 heteroatoms. The second kappa shape index (κ2) is 7.29. The first-order chi connectivity index (χ1) is 9.30. The van der Waals surface area contributed by atoms with Gasteiger partial charge in [-0.05, 0) is 44.6 Å². The summed E-state index contributed by atoms with van der Waals surface area (Å²) >= 11 is 0. The van der Waals surface area contributed by atoms with Crippen molar-refractivity contribution in [2.75, 3.05) is 6.54 Å². The molecule has 0 aromatic carbocycles. The summed E-state index contributed by atoms with van der Waals surface area (Å²) in [5, 5.41) is 9.49. The van der Waals surface area contributed by atoms with Crippen LogP contribution in [-0.2, 0) is 0 Å². The van der Waals surface area contributed by atoms with E-state index in [0.717, 1.165) is 24.9 Å². The van der Waals surface area contributed by atoms with Gasteiger partial charge in [0.25, 0.3) is 0 Å². The topological polar surface area (TPSA) is 27.0 Å². The maximum atomic E-state index is 9.49. The fraction of sp³-hybridized carbons (Fsp3) is 0.941. The van der Waals surface area contributed by atoms with E-state index in [-0.39, 0.29) is 5.92 Å². The Kier molecular flexibility index (Phi) is 5.70. The second-order valence-corrected chi connectivity index (χ2v) is 6.54. The SMILES string of the molecule is CCCC1CCC(C#N)C(N(CC)C2CCCC2)C1. The molecule has 3 unspecified atom stereocenters. The van der Waals surface area contributed by atoms with Crippen LogP contribution in [0.2, 0.25) is 0 Å². The minimum atomic E-state index is 0.286. The molecule has 2 nitrogen and oxygen atoms in total. The highest BCUT2D eigenvalue weighted by atomic mass is 15.2. The Balaban J connectivity index is 2.04. The summed E-state index contributed by atoms with van der Waals surface area (Å²) < 4.78 is 0. The minimum absolute atomic E-state index is 0.286. The molecule has 0 amide bonds. The Hall–Kier alpha value is -0.550. The molecule has 108 valence electrons. The third-order valence-electron chi connectivity index (χ3n) is 5.37. The molecule has 0 heterocycles. The fourth-order valence-electron chi connectivity index (χ4n) is 4.42. The van der Waals surface area contributed by atoms with E-state index in [1.807, 2.05) is 0 Å². The third-order valence-corrected chi connectivity index (χ3v) is 5.37. The number of nitriles is 1. The third kappa shape index (κ3) is 3.51. The lowest BCUT2D eigenvalue weighted by atomic mass is 9.76. The highest BCUT2D eigenvalue weighted by molar-refractivity contribution is 4.99. The summed E-state index contributed by atoms with van der Waals surface area (Å²) in [6, 6.07) is 3.93. The zero-order valence-corrected chi connectivity index (χ0v) is 12.8. The van der Waals surface area contributed by atoms with Gasteiger partial charge in [0.2, 0.25) is 0 Å². The van der Waals surface area contributed by atoms with Crippen LogP contribution in [0, 0.1) is 23.2 Å². The first-order valence-corrected chi connectivity index (χ1v) is 8.45. The lowest BCUT2D eigenvalue weighted by Crippen LogP contribution is -2.48. The Morgan fingerprint density at radius 2 is 1.84 bits per heavy atom. The molecule has 3 atom stereocenters. The zero-order chi connectivity index (χ0) is 13.7. The highest BCUT2D eigenvalue weighted by Crippen LogP contribution is 2.37. The highest BCUT2D eigenvalue weighted by Gasteiger charge is 2.37. The summed E-state index contributed by atoms with van der Waals surface area (Å²) in [5.41, 5.74) is 0. The molecule has 19 heavy (non-hydrogen) atoms. The van der Waals surface area contributed by atoms with Crippen molar-refractivity contribution in [3.8, 4) is 6.07 Å². The Labute approximate surface area is 119 Å². The zero-order valence-electron chi connectivity index (χ0n) is 12.8. The Morgan fingerprint density at radius 1 is 1.11 bits per heavy atom. The largest absolute Gasteiger partial charge is 0.296 e. The summed E-state index contributed by atoms with van der Waals surface area (Å²) in [5.74, 6) is 1.16. The Bertz CT molecular complexity index is 301. The summed E-state index contributed by atoms with van der Waals surface area (Å²) in [4.78, 5) is 2.70. The predicted molar refractivity (Wildman–Crippen MR) is 79.8 cm³/mol. The van der Waals surface area contributed by atoms with Gasteiger partial charge in [0.05, 0.1) is 12.0 Å². The number of rotatable bonds is 5. The average Bonchev–Trinajstić information content (AvgIpc) is 2.94. The van der Waals surface area contributed by atoms with E-state index in [9.17, 15) is 5.26 Å². The smallest absolute Gasteiger partial charge is 0.0672 e. The van der Waals surface area contributed by atoms with Crippen LogP contribution >= 0.6 is 0 Å². The lowest BCUT2D eigenvalue weighted by Gasteiger charge is -2.43. The van der Waals surface area contributed by atoms with Crippen molar-refractivity contribution in [1.29, 1.82) is 5.26 Å². The minimum Gasteiger partial charge on any atom is -0.296 e. The van der Waals surface area contributed by atoms with Crippen molar-refractivity contribution in [1.82, 2.24) is 4.90 Å². The summed E-state index contributed by atoms with van der Waals surface area (Å²) in [7, 11) is 0. The molecule has 0 N–H and O–H groups in total. The van der Waals surface area contributed by atoms with Crippen LogP contribution in [0.25, 0.3) is 0 Å². The molecule has 0 radical (unpaired) electrons. The van der Waals surface area contributed by atoms with Crippen molar-refractivity contribution in [2.45, 2.75) is 83.7 Å². The first-order valence-electron chi connectivity index (χ1n) is 8.45. The van der Waals surface area contributed by atoms with Crippen LogP contribution in [0.1, 0.15) is 71.6 Å². The summed E-state index contributed by atoms with van der Waals surface area (Å²) in [6.45, 7) is 5.71. The van der Waals surface area contributed by atoms with Gasteiger partial charge in [0.1, 0.15) is 0 Å². The molecule has 2 aliphatic rings. The number of hydrogen-bond donors (Lipinski definition) is 0. The van der Waals surface area contributed by atoms with E-state index in [4.69, 9.17) is 0 Å². The van der Waals surface area contributed by atoms with E-state index >= 15 is 0 Å². The van der Waals surface area contributed by atoms with Gasteiger partial charge < -0.3 is 0 Å². The van der Waals surface area contributed by atoms with E-state index in [1.54, 1.807) is 0 Å². The lowest BCUT2D eigenvalue weighted by molar-refractivity contribution is 0.0664. The molecule has 2 aliphatic carbocycles. The molecule has 2 rings (SSSR count). The number of nitrogens with zero attached hydrogens (tertiary/aromatic N) is 2. The molecular formula is C17H30N2. The molecule has 0 aromatic rings. The van der Waals surface area contributed by atoms with Crippen LogP contribution in [0.4, 0.5) is 0 Å². The van der Waals surface area contributed by atoms with Gasteiger partial charge in [0, 0.05) is 12.1 Å². The van der Waals surface area contributed by atoms with Gasteiger partial charge in [-0.15, -0.1) is 0 Å². The molecule has 0 bridgehead atoms. The maximum Gasteiger partial charge on any atom is 0.0672 e. The van der Waals surface area contributed by atoms with E-state index in [2.05, 4.69) is 24.8 Å². The molecule has 0 saturated heterocycles. The van der Waals surface area contributed by atoms with Gasteiger partial charge in [0.15, 0.2) is 0 Å². The van der Waals surface area contributed by atoms with E-state index in [0.29, 0.717) is 6.04 Å². The molecule has 2 saturated carbocycles. The van der Waals surface area contributed by atoms with Crippen molar-refractivity contribution in [2.24, 2.45) is 11.8 Å². The quantitative estimate of drug-likeness (QED) is 0.736. The van der Waals surface area contributed by atoms with Crippen LogP contribution < -0.4 is 0 Å². The van der Waals surface area contributed by atoms with Crippen LogP contribution in [0.15, 0.2) is 0 Å². The van der Waals surface area contributed by atoms with E-state index < -0.39 is 0 Å². The van der Waals surface area contributed by atoms with Crippen LogP contribution in [0.3, 0.4) is 0 Å². The molecule has 2 fully saturated rings. The van der Waals surface area contributed by atoms with Crippen LogP contribution in [-0.4, -0.2) is 23.5 Å². The maximum absolute atomic E-state index is 9.49. The molecule has 0 aliphatic heterocycles. The summed E-state index contributed by atoms with van der Waals surface area (Å²) in [6.07, 6.45) is 11.9. The van der Waals surface area contributed by atoms with Crippen molar-refractivity contribution in [3.05, 3.63) is 0 Å². The van der Waals surface area contributed by atoms with Crippen molar-refractivity contribution < 1.29 is 0 Å². The van der Waals surface area contributed by atoms with Gasteiger partial charge in [-0.2, -0.15) is 5.26 Å². The van der Waals surface area contributed by atoms with Gasteiger partial charge in [-0.3, -0.25) is 4.90 Å². The molecular weight excluding hydrogens is 232 g/mol. The first kappa shape index (κ1) is 14.9. The van der Waals surface area contributed by atoms with Gasteiger partial charge >= 0.3 is 0 Å². The fourth-order valence-corrected chi connectivity index (χ4v) is 4.42. The van der Waals surface area contributed by atoms with Gasteiger partial charge in [-0.1, -0.05) is 39.5 Å². The standard InChI is InChI=1S/C17H30N2/c1-3-7-14-10-11-15(13-18)17(12-14)19(4-2)16-8-5-6-9-16/h14-17H,3-12H2,1-2H3. The Morgan fingerprint density at radius 3 is 2.42 bits per heavy atom. The van der Waals surface area contributed by atoms with Gasteiger partial charge in [-0.25, -0.2) is 0 Å². The van der Waals surface area contributed by atoms with E-state index in [1.165, 1.54) is 51.4 Å². The van der Waals surface area contributed by atoms with Crippen LogP contribution in [0.5, 0.6) is 0 Å².